The maximum atomic E-state index is 11.9. The number of hydrogen-bond donors (Lipinski definition) is 0. The summed E-state index contributed by atoms with van der Waals surface area (Å²) >= 11 is 0. The molecule has 1 aliphatic rings. The molecule has 0 spiro atoms. The zero-order chi connectivity index (χ0) is 16.8. The number of nitro benzene ring substituents is 1. The Bertz CT molecular complexity index is 716. The van der Waals surface area contributed by atoms with Crippen molar-refractivity contribution in [1.82, 2.24) is 5.01 Å². The second-order valence-corrected chi connectivity index (χ2v) is 4.85. The van der Waals surface area contributed by atoms with Crippen LogP contribution in [-0.4, -0.2) is 35.2 Å². The highest BCUT2D eigenvalue weighted by molar-refractivity contribution is 6.04. The fourth-order valence-electron chi connectivity index (χ4n) is 2.20. The van der Waals surface area contributed by atoms with Gasteiger partial charge in [0.25, 0.3) is 0 Å². The van der Waals surface area contributed by atoms with Gasteiger partial charge in [-0.1, -0.05) is 12.8 Å². The Hall–Kier alpha value is -2.88. The van der Waals surface area contributed by atoms with Gasteiger partial charge >= 0.3 is 5.69 Å². The molecule has 7 nitrogen and oxygen atoms in total. The molecule has 120 valence electrons. The van der Waals surface area contributed by atoms with E-state index < -0.39 is 4.92 Å². The Morgan fingerprint density at radius 2 is 2.17 bits per heavy atom. The predicted octanol–water partition coefficient (Wildman–Crippen LogP) is 2.34. The highest BCUT2D eigenvalue weighted by Crippen LogP contribution is 2.29. The highest BCUT2D eigenvalue weighted by atomic mass is 16.6. The summed E-state index contributed by atoms with van der Waals surface area (Å²) in [5.41, 5.74) is 1.12. The third-order valence-electron chi connectivity index (χ3n) is 3.34. The largest absolute Gasteiger partial charge is 0.490 e. The SMILES string of the molecule is CCC#CCN1N=C(c2ccc(OC)c([N+](=O)[O-])c2)CCC1=O. The zero-order valence-corrected chi connectivity index (χ0v) is 13.0. The van der Waals surface area contributed by atoms with Crippen LogP contribution in [0.25, 0.3) is 0 Å². The molecule has 0 bridgehead atoms. The summed E-state index contributed by atoms with van der Waals surface area (Å²) in [6.07, 6.45) is 1.47. The van der Waals surface area contributed by atoms with Gasteiger partial charge in [0.05, 0.1) is 17.7 Å². The molecule has 1 heterocycles. The van der Waals surface area contributed by atoms with Crippen molar-refractivity contribution in [2.24, 2.45) is 5.10 Å². The van der Waals surface area contributed by atoms with Gasteiger partial charge in [0.1, 0.15) is 6.54 Å². The van der Waals surface area contributed by atoms with E-state index in [4.69, 9.17) is 4.74 Å². The van der Waals surface area contributed by atoms with Crippen molar-refractivity contribution in [3.8, 4) is 17.6 Å². The van der Waals surface area contributed by atoms with Crippen LogP contribution in [-0.2, 0) is 4.79 Å². The van der Waals surface area contributed by atoms with E-state index in [-0.39, 0.29) is 23.9 Å². The molecule has 2 rings (SSSR count). The van der Waals surface area contributed by atoms with Gasteiger partial charge in [-0.3, -0.25) is 14.9 Å². The van der Waals surface area contributed by atoms with Gasteiger partial charge in [0, 0.05) is 30.9 Å². The van der Waals surface area contributed by atoms with Gasteiger partial charge in [-0.15, -0.1) is 5.92 Å². The van der Waals surface area contributed by atoms with Crippen molar-refractivity contribution in [3.63, 3.8) is 0 Å². The third kappa shape index (κ3) is 3.86. The first-order valence-electron chi connectivity index (χ1n) is 7.23. The molecular weight excluding hydrogens is 298 g/mol. The Morgan fingerprint density at radius 3 is 2.83 bits per heavy atom. The Balaban J connectivity index is 2.33. The number of benzene rings is 1. The normalized spacial score (nSPS) is 13.9. The van der Waals surface area contributed by atoms with Gasteiger partial charge in [-0.2, -0.15) is 5.10 Å². The van der Waals surface area contributed by atoms with Gasteiger partial charge in [-0.05, 0) is 12.1 Å². The lowest BCUT2D eigenvalue weighted by molar-refractivity contribution is -0.385. The molecule has 0 radical (unpaired) electrons. The number of hydrazone groups is 1. The van der Waals surface area contributed by atoms with Crippen molar-refractivity contribution in [3.05, 3.63) is 33.9 Å². The van der Waals surface area contributed by atoms with Crippen molar-refractivity contribution in [1.29, 1.82) is 0 Å². The van der Waals surface area contributed by atoms with Gasteiger partial charge in [-0.25, -0.2) is 5.01 Å². The van der Waals surface area contributed by atoms with E-state index in [1.807, 2.05) is 6.92 Å². The summed E-state index contributed by atoms with van der Waals surface area (Å²) < 4.78 is 4.99. The number of amides is 1. The molecule has 0 fully saturated rings. The van der Waals surface area contributed by atoms with Crippen LogP contribution in [0, 0.1) is 22.0 Å². The lowest BCUT2D eigenvalue weighted by Gasteiger charge is -2.21. The molecule has 0 aliphatic carbocycles. The minimum atomic E-state index is -0.499. The standard InChI is InChI=1S/C16H17N3O4/c1-3-4-5-10-18-16(20)9-7-13(17-18)12-6-8-15(23-2)14(11-12)19(21)22/h6,8,11H,3,7,9-10H2,1-2H3. The first kappa shape index (κ1) is 16.5. The number of carbonyl (C=O) groups excluding carboxylic acids is 1. The zero-order valence-electron chi connectivity index (χ0n) is 13.0. The average molecular weight is 315 g/mol. The van der Waals surface area contributed by atoms with Gasteiger partial charge in [0.15, 0.2) is 5.75 Å². The maximum Gasteiger partial charge on any atom is 0.311 e. The van der Waals surface area contributed by atoms with E-state index in [0.29, 0.717) is 30.5 Å². The fraction of sp³-hybridized carbons (Fsp3) is 0.375. The molecule has 1 amide bonds. The van der Waals surface area contributed by atoms with Crippen LogP contribution in [0.4, 0.5) is 5.69 Å². The summed E-state index contributed by atoms with van der Waals surface area (Å²) in [7, 11) is 1.38. The summed E-state index contributed by atoms with van der Waals surface area (Å²) in [5, 5.41) is 16.7. The number of ether oxygens (including phenoxy) is 1. The molecule has 1 aliphatic heterocycles. The summed E-state index contributed by atoms with van der Waals surface area (Å²) in [4.78, 5) is 22.5. The molecule has 1 aromatic rings. The number of hydrogen-bond acceptors (Lipinski definition) is 5. The Kier molecular flexibility index (Phi) is 5.31. The molecule has 0 unspecified atom stereocenters. The van der Waals surface area contributed by atoms with Gasteiger partial charge < -0.3 is 4.74 Å². The van der Waals surface area contributed by atoms with Crippen LogP contribution in [0.15, 0.2) is 23.3 Å². The quantitative estimate of drug-likeness (QED) is 0.485. The molecule has 23 heavy (non-hydrogen) atoms. The molecule has 0 saturated carbocycles. The molecular formula is C16H17N3O4. The summed E-state index contributed by atoms with van der Waals surface area (Å²) in [6, 6.07) is 4.66. The van der Waals surface area contributed by atoms with Crippen molar-refractivity contribution >= 4 is 17.3 Å². The molecule has 0 N–H and O–H groups in total. The van der Waals surface area contributed by atoms with Crippen LogP contribution in [0.2, 0.25) is 0 Å². The van der Waals surface area contributed by atoms with E-state index in [9.17, 15) is 14.9 Å². The number of nitro groups is 1. The monoisotopic (exact) mass is 315 g/mol. The second-order valence-electron chi connectivity index (χ2n) is 4.85. The van der Waals surface area contributed by atoms with Crippen LogP contribution in [0.1, 0.15) is 31.7 Å². The topological polar surface area (TPSA) is 85.0 Å². The van der Waals surface area contributed by atoms with Crippen molar-refractivity contribution < 1.29 is 14.5 Å². The lowest BCUT2D eigenvalue weighted by Crippen LogP contribution is -2.32. The Morgan fingerprint density at radius 1 is 1.39 bits per heavy atom. The number of carbonyl (C=O) groups is 1. The average Bonchev–Trinajstić information content (AvgIpc) is 2.56. The second kappa shape index (κ2) is 7.40. The molecule has 7 heteroatoms. The first-order valence-corrected chi connectivity index (χ1v) is 7.23. The summed E-state index contributed by atoms with van der Waals surface area (Å²) in [5.74, 6) is 5.86. The third-order valence-corrected chi connectivity index (χ3v) is 3.34. The van der Waals surface area contributed by atoms with E-state index in [1.165, 1.54) is 24.3 Å². The maximum absolute atomic E-state index is 11.9. The number of nitrogens with zero attached hydrogens (tertiary/aromatic N) is 3. The first-order chi connectivity index (χ1) is 11.1. The molecule has 1 aromatic carbocycles. The fourth-order valence-corrected chi connectivity index (χ4v) is 2.20. The predicted molar refractivity (Wildman–Crippen MR) is 85.2 cm³/mol. The number of methoxy groups -OCH3 is 1. The highest BCUT2D eigenvalue weighted by Gasteiger charge is 2.23. The van der Waals surface area contributed by atoms with Crippen LogP contribution in [0.3, 0.4) is 0 Å². The molecule has 0 atom stereocenters. The van der Waals surface area contributed by atoms with Crippen LogP contribution < -0.4 is 4.74 Å². The summed E-state index contributed by atoms with van der Waals surface area (Å²) in [6.45, 7) is 2.16. The molecule has 0 saturated heterocycles. The Labute approximate surface area is 134 Å². The number of rotatable bonds is 4. The molecule has 0 aromatic heterocycles. The minimum Gasteiger partial charge on any atom is -0.490 e. The van der Waals surface area contributed by atoms with Crippen LogP contribution >= 0.6 is 0 Å². The van der Waals surface area contributed by atoms with E-state index >= 15 is 0 Å². The smallest absolute Gasteiger partial charge is 0.311 e. The van der Waals surface area contributed by atoms with Crippen LogP contribution in [0.5, 0.6) is 5.75 Å². The van der Waals surface area contributed by atoms with Crippen molar-refractivity contribution in [2.75, 3.05) is 13.7 Å². The van der Waals surface area contributed by atoms with E-state index in [0.717, 1.165) is 0 Å². The van der Waals surface area contributed by atoms with E-state index in [1.54, 1.807) is 6.07 Å². The van der Waals surface area contributed by atoms with Crippen molar-refractivity contribution in [2.45, 2.75) is 26.2 Å². The van der Waals surface area contributed by atoms with Gasteiger partial charge in [0.2, 0.25) is 5.91 Å². The lowest BCUT2D eigenvalue weighted by atomic mass is 10.0. The minimum absolute atomic E-state index is 0.0952. The van der Waals surface area contributed by atoms with E-state index in [2.05, 4.69) is 16.9 Å².